The molecule has 0 aliphatic heterocycles. The Balaban J connectivity index is 2.52. The third-order valence-electron chi connectivity index (χ3n) is 2.78. The molecule has 1 rings (SSSR count). The Morgan fingerprint density at radius 1 is 1.12 bits per heavy atom. The van der Waals surface area contributed by atoms with Crippen LogP contribution in [0.15, 0.2) is 12.1 Å². The predicted molar refractivity (Wildman–Crippen MR) is 73.9 cm³/mol. The number of ether oxygens (including phenoxy) is 1. The molecule has 0 radical (unpaired) electrons. The van der Waals surface area contributed by atoms with Crippen LogP contribution in [0, 0.1) is 20.8 Å². The van der Waals surface area contributed by atoms with Crippen LogP contribution in [0.25, 0.3) is 0 Å². The molecular weight excluding hydrogens is 210 g/mol. The summed E-state index contributed by atoms with van der Waals surface area (Å²) in [5.41, 5.74) is 3.95. The Morgan fingerprint density at radius 3 is 2.35 bits per heavy atom. The Labute approximate surface area is 105 Å². The number of hydrogen-bond donors (Lipinski definition) is 1. The minimum absolute atomic E-state index is 0.154. The molecule has 0 bridgehead atoms. The Bertz CT molecular complexity index is 377. The molecule has 1 aromatic carbocycles. The highest BCUT2D eigenvalue weighted by molar-refractivity contribution is 5.41. The van der Waals surface area contributed by atoms with Gasteiger partial charge in [0.1, 0.15) is 12.4 Å². The Morgan fingerprint density at radius 2 is 1.76 bits per heavy atom. The summed E-state index contributed by atoms with van der Waals surface area (Å²) in [7, 11) is 0. The van der Waals surface area contributed by atoms with Crippen molar-refractivity contribution >= 4 is 0 Å². The quantitative estimate of drug-likeness (QED) is 0.808. The molecular formula is C15H25NO. The molecule has 0 atom stereocenters. The van der Waals surface area contributed by atoms with Gasteiger partial charge in [-0.25, -0.2) is 0 Å². The number of hydrogen-bond acceptors (Lipinski definition) is 2. The van der Waals surface area contributed by atoms with Crippen LogP contribution in [0.4, 0.5) is 0 Å². The van der Waals surface area contributed by atoms with Crippen LogP contribution in [-0.4, -0.2) is 18.7 Å². The SMILES string of the molecule is Cc1cc(C)c(C)c(OCCNC(C)(C)C)c1. The molecule has 0 fully saturated rings. The molecule has 0 saturated carbocycles. The van der Waals surface area contributed by atoms with Gasteiger partial charge in [-0.1, -0.05) is 6.07 Å². The van der Waals surface area contributed by atoms with E-state index in [1.165, 1.54) is 16.7 Å². The topological polar surface area (TPSA) is 21.3 Å². The van der Waals surface area contributed by atoms with Crippen molar-refractivity contribution in [2.45, 2.75) is 47.1 Å². The summed E-state index contributed by atoms with van der Waals surface area (Å²) in [5.74, 6) is 1.01. The lowest BCUT2D eigenvalue weighted by Crippen LogP contribution is -2.38. The van der Waals surface area contributed by atoms with Crippen molar-refractivity contribution in [3.63, 3.8) is 0 Å². The third kappa shape index (κ3) is 4.78. The second-order valence-corrected chi connectivity index (χ2v) is 5.73. The fourth-order valence-electron chi connectivity index (χ4n) is 1.74. The Hall–Kier alpha value is -1.02. The number of aryl methyl sites for hydroxylation is 2. The first-order chi connectivity index (χ1) is 7.79. The van der Waals surface area contributed by atoms with Crippen LogP contribution in [0.1, 0.15) is 37.5 Å². The van der Waals surface area contributed by atoms with Gasteiger partial charge in [0.05, 0.1) is 0 Å². The molecule has 1 N–H and O–H groups in total. The molecule has 0 spiro atoms. The van der Waals surface area contributed by atoms with Crippen LogP contribution < -0.4 is 10.1 Å². The van der Waals surface area contributed by atoms with E-state index in [0.29, 0.717) is 6.61 Å². The number of benzene rings is 1. The predicted octanol–water partition coefficient (Wildman–Crippen LogP) is 3.38. The van der Waals surface area contributed by atoms with E-state index in [-0.39, 0.29) is 5.54 Å². The summed E-state index contributed by atoms with van der Waals surface area (Å²) in [4.78, 5) is 0. The van der Waals surface area contributed by atoms with Crippen molar-refractivity contribution in [2.24, 2.45) is 0 Å². The van der Waals surface area contributed by atoms with Gasteiger partial charge in [0, 0.05) is 12.1 Å². The van der Waals surface area contributed by atoms with Crippen LogP contribution >= 0.6 is 0 Å². The van der Waals surface area contributed by atoms with Gasteiger partial charge in [0.25, 0.3) is 0 Å². The molecule has 17 heavy (non-hydrogen) atoms. The van der Waals surface area contributed by atoms with Crippen molar-refractivity contribution in [1.82, 2.24) is 5.32 Å². The summed E-state index contributed by atoms with van der Waals surface area (Å²) < 4.78 is 5.83. The van der Waals surface area contributed by atoms with Crippen molar-refractivity contribution in [1.29, 1.82) is 0 Å². The maximum Gasteiger partial charge on any atom is 0.122 e. The van der Waals surface area contributed by atoms with Gasteiger partial charge in [0.2, 0.25) is 0 Å². The molecule has 2 heteroatoms. The largest absolute Gasteiger partial charge is 0.492 e. The van der Waals surface area contributed by atoms with Crippen molar-refractivity contribution in [3.05, 3.63) is 28.8 Å². The van der Waals surface area contributed by atoms with Crippen molar-refractivity contribution < 1.29 is 4.74 Å². The lowest BCUT2D eigenvalue weighted by Gasteiger charge is -2.21. The van der Waals surface area contributed by atoms with E-state index in [4.69, 9.17) is 4.74 Å². The highest BCUT2D eigenvalue weighted by Crippen LogP contribution is 2.23. The van der Waals surface area contributed by atoms with Crippen LogP contribution in [0.3, 0.4) is 0 Å². The minimum Gasteiger partial charge on any atom is -0.492 e. The molecule has 2 nitrogen and oxygen atoms in total. The highest BCUT2D eigenvalue weighted by atomic mass is 16.5. The summed E-state index contributed by atoms with van der Waals surface area (Å²) in [6.45, 7) is 14.4. The second kappa shape index (κ2) is 5.54. The van der Waals surface area contributed by atoms with E-state index in [1.54, 1.807) is 0 Å². The first-order valence-electron chi connectivity index (χ1n) is 6.25. The zero-order valence-corrected chi connectivity index (χ0v) is 12.0. The number of nitrogens with one attached hydrogen (secondary N) is 1. The highest BCUT2D eigenvalue weighted by Gasteiger charge is 2.08. The summed E-state index contributed by atoms with van der Waals surface area (Å²) in [5, 5.41) is 3.42. The molecule has 0 amide bonds. The molecule has 0 aliphatic rings. The second-order valence-electron chi connectivity index (χ2n) is 5.73. The van der Waals surface area contributed by atoms with Crippen LogP contribution in [0.2, 0.25) is 0 Å². The van der Waals surface area contributed by atoms with Gasteiger partial charge in [-0.15, -0.1) is 0 Å². The zero-order valence-electron chi connectivity index (χ0n) is 12.0. The van der Waals surface area contributed by atoms with Gasteiger partial charge >= 0.3 is 0 Å². The summed E-state index contributed by atoms with van der Waals surface area (Å²) in [6.07, 6.45) is 0. The average Bonchev–Trinajstić information content (AvgIpc) is 2.18. The molecule has 0 aliphatic carbocycles. The number of rotatable bonds is 4. The lowest BCUT2D eigenvalue weighted by atomic mass is 10.1. The Kier molecular flexibility index (Phi) is 4.58. The van der Waals surface area contributed by atoms with E-state index in [0.717, 1.165) is 12.3 Å². The first kappa shape index (κ1) is 14.0. The normalized spacial score (nSPS) is 11.6. The van der Waals surface area contributed by atoms with E-state index in [9.17, 15) is 0 Å². The summed E-state index contributed by atoms with van der Waals surface area (Å²) in [6, 6.07) is 4.30. The van der Waals surface area contributed by atoms with Gasteiger partial charge in [-0.3, -0.25) is 0 Å². The first-order valence-corrected chi connectivity index (χ1v) is 6.25. The van der Waals surface area contributed by atoms with Gasteiger partial charge in [0.15, 0.2) is 0 Å². The molecule has 96 valence electrons. The minimum atomic E-state index is 0.154. The fourth-order valence-corrected chi connectivity index (χ4v) is 1.74. The molecule has 0 heterocycles. The van der Waals surface area contributed by atoms with Gasteiger partial charge in [-0.2, -0.15) is 0 Å². The zero-order chi connectivity index (χ0) is 13.1. The molecule has 0 saturated heterocycles. The molecule has 0 aromatic heterocycles. The maximum absolute atomic E-state index is 5.83. The molecule has 1 aromatic rings. The average molecular weight is 235 g/mol. The smallest absolute Gasteiger partial charge is 0.122 e. The van der Waals surface area contributed by atoms with Crippen LogP contribution in [-0.2, 0) is 0 Å². The van der Waals surface area contributed by atoms with Gasteiger partial charge < -0.3 is 10.1 Å². The van der Waals surface area contributed by atoms with E-state index in [1.807, 2.05) is 0 Å². The third-order valence-corrected chi connectivity index (χ3v) is 2.78. The van der Waals surface area contributed by atoms with E-state index < -0.39 is 0 Å². The van der Waals surface area contributed by atoms with Gasteiger partial charge in [-0.05, 0) is 64.3 Å². The standard InChI is InChI=1S/C15H25NO/c1-11-9-12(2)13(3)14(10-11)17-8-7-16-15(4,5)6/h9-10,16H,7-8H2,1-6H3. The van der Waals surface area contributed by atoms with E-state index >= 15 is 0 Å². The summed E-state index contributed by atoms with van der Waals surface area (Å²) >= 11 is 0. The molecule has 0 unspecified atom stereocenters. The monoisotopic (exact) mass is 235 g/mol. The van der Waals surface area contributed by atoms with E-state index in [2.05, 4.69) is 59.0 Å². The van der Waals surface area contributed by atoms with Crippen molar-refractivity contribution in [2.75, 3.05) is 13.2 Å². The lowest BCUT2D eigenvalue weighted by molar-refractivity contribution is 0.289. The fraction of sp³-hybridized carbons (Fsp3) is 0.600. The van der Waals surface area contributed by atoms with Crippen LogP contribution in [0.5, 0.6) is 5.75 Å². The van der Waals surface area contributed by atoms with Crippen molar-refractivity contribution in [3.8, 4) is 5.75 Å². The maximum atomic E-state index is 5.83.